The summed E-state index contributed by atoms with van der Waals surface area (Å²) >= 11 is 0. The Morgan fingerprint density at radius 1 is 0.972 bits per heavy atom. The molecule has 1 unspecified atom stereocenters. The molecule has 1 atom stereocenters. The number of carbonyl (C=O) groups is 2. The fraction of sp³-hybridized carbons (Fsp3) is 0.207. The predicted molar refractivity (Wildman–Crippen MR) is 137 cm³/mol. The molecule has 0 aliphatic carbocycles. The van der Waals surface area contributed by atoms with Crippen LogP contribution in [0.2, 0.25) is 0 Å². The molecule has 7 nitrogen and oxygen atoms in total. The van der Waals surface area contributed by atoms with E-state index in [1.807, 2.05) is 84.9 Å². The number of amides is 2. The smallest absolute Gasteiger partial charge is 0.273 e. The molecule has 36 heavy (non-hydrogen) atoms. The minimum atomic E-state index is -1.15. The van der Waals surface area contributed by atoms with E-state index in [0.29, 0.717) is 23.7 Å². The summed E-state index contributed by atoms with van der Waals surface area (Å²) in [7, 11) is 1.61. The molecule has 0 spiro atoms. The van der Waals surface area contributed by atoms with Gasteiger partial charge in [0.15, 0.2) is 0 Å². The van der Waals surface area contributed by atoms with Gasteiger partial charge in [-0.1, -0.05) is 72.8 Å². The minimum Gasteiger partial charge on any atom is -0.497 e. The first-order chi connectivity index (χ1) is 17.5. The molecule has 3 aromatic carbocycles. The van der Waals surface area contributed by atoms with Crippen molar-refractivity contribution in [2.45, 2.75) is 32.1 Å². The van der Waals surface area contributed by atoms with Gasteiger partial charge in [0.25, 0.3) is 5.91 Å². The Hall–Kier alpha value is -4.39. The Morgan fingerprint density at radius 2 is 1.67 bits per heavy atom. The summed E-state index contributed by atoms with van der Waals surface area (Å²) < 4.78 is 7.03. The van der Waals surface area contributed by atoms with E-state index in [0.717, 1.165) is 16.7 Å². The quantitative estimate of drug-likeness (QED) is 0.428. The number of hydrogen-bond donors (Lipinski definition) is 1. The highest BCUT2D eigenvalue weighted by Gasteiger charge is 2.48. The fourth-order valence-electron chi connectivity index (χ4n) is 4.56. The summed E-state index contributed by atoms with van der Waals surface area (Å²) in [6.45, 7) is 2.68. The number of fused-ring (bicyclic) bond motifs is 1. The molecule has 7 heteroatoms. The summed E-state index contributed by atoms with van der Waals surface area (Å²) in [4.78, 5) is 29.2. The number of methoxy groups -OCH3 is 1. The van der Waals surface area contributed by atoms with Crippen LogP contribution >= 0.6 is 0 Å². The van der Waals surface area contributed by atoms with Gasteiger partial charge >= 0.3 is 0 Å². The summed E-state index contributed by atoms with van der Waals surface area (Å²) in [5.41, 5.74) is 2.80. The highest BCUT2D eigenvalue weighted by atomic mass is 16.5. The lowest BCUT2D eigenvalue weighted by Gasteiger charge is -2.43. The van der Waals surface area contributed by atoms with Gasteiger partial charge in [-0.15, -0.1) is 0 Å². The van der Waals surface area contributed by atoms with Crippen molar-refractivity contribution >= 4 is 11.8 Å². The summed E-state index contributed by atoms with van der Waals surface area (Å²) in [5.74, 6) is 0.227. The van der Waals surface area contributed by atoms with Crippen molar-refractivity contribution in [3.8, 4) is 17.0 Å². The molecule has 0 bridgehead atoms. The monoisotopic (exact) mass is 480 g/mol. The molecule has 0 fully saturated rings. The SMILES string of the molecule is COc1cccc(CN2C(=O)c3cc(-c4ccccc4)nn3CC2(C)C(=O)NCc2ccccc2)c1. The van der Waals surface area contributed by atoms with Gasteiger partial charge < -0.3 is 15.0 Å². The summed E-state index contributed by atoms with van der Waals surface area (Å²) in [6.07, 6.45) is 0. The van der Waals surface area contributed by atoms with Gasteiger partial charge in [-0.05, 0) is 36.2 Å². The number of benzene rings is 3. The number of nitrogens with zero attached hydrogens (tertiary/aromatic N) is 3. The van der Waals surface area contributed by atoms with Gasteiger partial charge in [0.05, 0.1) is 19.3 Å². The van der Waals surface area contributed by atoms with Crippen molar-refractivity contribution in [1.29, 1.82) is 0 Å². The van der Waals surface area contributed by atoms with Crippen molar-refractivity contribution in [1.82, 2.24) is 20.0 Å². The first-order valence-electron chi connectivity index (χ1n) is 11.9. The van der Waals surface area contributed by atoms with E-state index in [-0.39, 0.29) is 24.9 Å². The van der Waals surface area contributed by atoms with Crippen molar-refractivity contribution in [3.63, 3.8) is 0 Å². The fourth-order valence-corrected chi connectivity index (χ4v) is 4.56. The van der Waals surface area contributed by atoms with E-state index in [2.05, 4.69) is 5.32 Å². The zero-order chi connectivity index (χ0) is 25.1. The van der Waals surface area contributed by atoms with Crippen molar-refractivity contribution in [2.24, 2.45) is 0 Å². The molecule has 5 rings (SSSR count). The predicted octanol–water partition coefficient (Wildman–Crippen LogP) is 4.29. The molecule has 1 N–H and O–H groups in total. The lowest BCUT2D eigenvalue weighted by atomic mass is 9.94. The number of aromatic nitrogens is 2. The highest BCUT2D eigenvalue weighted by Crippen LogP contribution is 2.32. The van der Waals surface area contributed by atoms with Crippen LogP contribution in [0.3, 0.4) is 0 Å². The van der Waals surface area contributed by atoms with E-state index in [4.69, 9.17) is 9.84 Å². The number of rotatable bonds is 7. The molecule has 182 valence electrons. The Bertz CT molecular complexity index is 1380. The van der Waals surface area contributed by atoms with Crippen LogP contribution in [0, 0.1) is 0 Å². The van der Waals surface area contributed by atoms with Gasteiger partial charge in [0, 0.05) is 18.7 Å². The first-order valence-corrected chi connectivity index (χ1v) is 11.9. The zero-order valence-corrected chi connectivity index (χ0v) is 20.3. The number of carbonyl (C=O) groups excluding carboxylic acids is 2. The van der Waals surface area contributed by atoms with Crippen molar-refractivity contribution in [2.75, 3.05) is 7.11 Å². The van der Waals surface area contributed by atoms with Crippen LogP contribution < -0.4 is 10.1 Å². The van der Waals surface area contributed by atoms with E-state index in [1.54, 1.807) is 29.7 Å². The maximum Gasteiger partial charge on any atom is 0.273 e. The molecule has 1 aromatic heterocycles. The third kappa shape index (κ3) is 4.47. The zero-order valence-electron chi connectivity index (χ0n) is 20.3. The van der Waals surface area contributed by atoms with Gasteiger partial charge in [-0.3, -0.25) is 14.3 Å². The third-order valence-electron chi connectivity index (χ3n) is 6.63. The highest BCUT2D eigenvalue weighted by molar-refractivity contribution is 6.00. The standard InChI is InChI=1S/C29H28N4O3/c1-29(28(35)30-18-21-10-5-3-6-11-21)20-33-26(17-25(31-33)23-13-7-4-8-14-23)27(34)32(29)19-22-12-9-15-24(16-22)36-2/h3-17H,18-20H2,1-2H3,(H,30,35). The normalized spacial score (nSPS) is 16.9. The van der Waals surface area contributed by atoms with E-state index in [9.17, 15) is 9.59 Å². The molecule has 1 aliphatic heterocycles. The van der Waals surface area contributed by atoms with E-state index in [1.165, 1.54) is 0 Å². The van der Waals surface area contributed by atoms with Gasteiger partial charge in [-0.25, -0.2) is 0 Å². The largest absolute Gasteiger partial charge is 0.497 e. The molecule has 1 aliphatic rings. The van der Waals surface area contributed by atoms with Gasteiger partial charge in [-0.2, -0.15) is 5.10 Å². The van der Waals surface area contributed by atoms with Gasteiger partial charge in [0.2, 0.25) is 5.91 Å². The van der Waals surface area contributed by atoms with E-state index < -0.39 is 5.54 Å². The molecular formula is C29H28N4O3. The average Bonchev–Trinajstić information content (AvgIpc) is 3.35. The van der Waals surface area contributed by atoms with Crippen LogP contribution in [0.5, 0.6) is 5.75 Å². The molecule has 2 heterocycles. The molecule has 2 amide bonds. The second-order valence-corrected chi connectivity index (χ2v) is 9.12. The topological polar surface area (TPSA) is 76.5 Å². The Kier molecular flexibility index (Phi) is 6.29. The first kappa shape index (κ1) is 23.4. The lowest BCUT2D eigenvalue weighted by Crippen LogP contribution is -2.63. The molecule has 0 saturated heterocycles. The van der Waals surface area contributed by atoms with Crippen molar-refractivity contribution in [3.05, 3.63) is 108 Å². The second-order valence-electron chi connectivity index (χ2n) is 9.12. The Labute approximate surface area is 210 Å². The minimum absolute atomic E-state index is 0.231. The van der Waals surface area contributed by atoms with Crippen molar-refractivity contribution < 1.29 is 14.3 Å². The average molecular weight is 481 g/mol. The number of nitrogens with one attached hydrogen (secondary N) is 1. The Morgan fingerprint density at radius 3 is 2.39 bits per heavy atom. The second kappa shape index (κ2) is 9.70. The maximum absolute atomic E-state index is 13.9. The number of ether oxygens (including phenoxy) is 1. The van der Waals surface area contributed by atoms with E-state index >= 15 is 0 Å². The van der Waals surface area contributed by atoms with Crippen LogP contribution in [0.4, 0.5) is 0 Å². The number of hydrogen-bond acceptors (Lipinski definition) is 4. The molecule has 4 aromatic rings. The maximum atomic E-state index is 13.9. The van der Waals surface area contributed by atoms with Gasteiger partial charge in [0.1, 0.15) is 17.0 Å². The summed E-state index contributed by atoms with van der Waals surface area (Å²) in [5, 5.41) is 7.74. The summed E-state index contributed by atoms with van der Waals surface area (Å²) in [6, 6.07) is 28.8. The van der Waals surface area contributed by atoms with Crippen LogP contribution in [0.25, 0.3) is 11.3 Å². The molecule has 0 saturated carbocycles. The molecule has 0 radical (unpaired) electrons. The Balaban J connectivity index is 1.50. The van der Waals surface area contributed by atoms with Crippen LogP contribution in [0.1, 0.15) is 28.5 Å². The third-order valence-corrected chi connectivity index (χ3v) is 6.63. The van der Waals surface area contributed by atoms with Crippen LogP contribution in [-0.4, -0.2) is 39.1 Å². The lowest BCUT2D eigenvalue weighted by molar-refractivity contribution is -0.133. The molecular weight excluding hydrogens is 452 g/mol. The van der Waals surface area contributed by atoms with Crippen LogP contribution in [0.15, 0.2) is 91.0 Å². The van der Waals surface area contributed by atoms with Crippen LogP contribution in [-0.2, 0) is 24.4 Å².